The number of methoxy groups -OCH3 is 1. The van der Waals surface area contributed by atoms with Gasteiger partial charge in [0.2, 0.25) is 11.8 Å². The number of nitrogens with one attached hydrogen (secondary N) is 1. The average Bonchev–Trinajstić information content (AvgIpc) is 3.74. The third kappa shape index (κ3) is 7.14. The van der Waals surface area contributed by atoms with E-state index >= 15 is 0 Å². The van der Waals surface area contributed by atoms with E-state index in [1.807, 2.05) is 0 Å². The maximum absolute atomic E-state index is 14.0. The van der Waals surface area contributed by atoms with Gasteiger partial charge in [-0.2, -0.15) is 13.2 Å². The van der Waals surface area contributed by atoms with Crippen LogP contribution in [-0.2, 0) is 10.2 Å². The van der Waals surface area contributed by atoms with E-state index in [4.69, 9.17) is 20.9 Å². The monoisotopic (exact) mass is 637 g/mol. The number of nitrogens with two attached hydrogens (primary N) is 2. The largest absolute Gasteiger partial charge is 0.495 e. The van der Waals surface area contributed by atoms with Gasteiger partial charge in [-0.3, -0.25) is 19.6 Å². The molecule has 0 saturated heterocycles. The first-order valence-electron chi connectivity index (χ1n) is 14.8. The molecule has 0 bridgehead atoms. The van der Waals surface area contributed by atoms with Crippen LogP contribution in [0.4, 0.5) is 27.6 Å². The van der Waals surface area contributed by atoms with Crippen LogP contribution in [0.15, 0.2) is 23.2 Å². The van der Waals surface area contributed by atoms with Crippen LogP contribution in [-0.4, -0.2) is 61.4 Å². The number of benzene rings is 1. The number of carbonyl (C=O) groups is 2. The van der Waals surface area contributed by atoms with Crippen LogP contribution in [0, 0.1) is 0 Å². The van der Waals surface area contributed by atoms with E-state index in [1.54, 1.807) is 6.21 Å². The summed E-state index contributed by atoms with van der Waals surface area (Å²) in [6, 6.07) is 4.42. The van der Waals surface area contributed by atoms with E-state index in [0.29, 0.717) is 5.56 Å². The van der Waals surface area contributed by atoms with E-state index in [0.717, 1.165) is 12.8 Å². The second kappa shape index (κ2) is 12.1. The molecule has 14 heteroatoms. The molecular weight excluding hydrogens is 601 g/mol. The molecular formula is C31H36F5N5O4. The fraction of sp³-hybridized carbons (Fsp3) is 0.548. The lowest BCUT2D eigenvalue weighted by atomic mass is 9.79. The van der Waals surface area contributed by atoms with Crippen molar-refractivity contribution in [2.24, 2.45) is 10.7 Å². The third-order valence-electron chi connectivity index (χ3n) is 8.80. The number of ether oxygens (including phenoxy) is 2. The summed E-state index contributed by atoms with van der Waals surface area (Å²) in [7, 11) is 1.38. The number of nitrogens with zero attached hydrogens (tertiary/aromatic N) is 2. The average molecular weight is 638 g/mol. The number of nitrogen functional groups attached to an aromatic ring is 1. The smallest absolute Gasteiger partial charge is 0.389 e. The lowest BCUT2D eigenvalue weighted by Crippen LogP contribution is -2.40. The number of aliphatic imine (C=N–C) groups is 1. The molecule has 2 amide bonds. The maximum atomic E-state index is 14.0. The van der Waals surface area contributed by atoms with Gasteiger partial charge >= 0.3 is 6.18 Å². The number of carbonyl (C=O) groups excluding carboxylic acids is 2. The standard InChI is InChI=1S/C31H36F5N5O4/c1-29(28(38)43)15-45-26-21(29)11-22(41-25(26)16-5-7-30(32,33)8-6-16)19(12-31(34,35)36)14-40-27(42)17-9-18(13-39-20-3-4-20)24(37)23(10-17)44-2/h9-11,13,16,19-20H,3-8,12,14-15,37H2,1-2H3,(H2,38,43)(H,40,42)/t19?,29-/m0/s1. The van der Waals surface area contributed by atoms with Crippen molar-refractivity contribution in [2.75, 3.05) is 26.0 Å². The molecule has 5 N–H and O–H groups in total. The number of primary amides is 1. The van der Waals surface area contributed by atoms with Crippen LogP contribution in [0.5, 0.6) is 11.5 Å². The van der Waals surface area contributed by atoms with Crippen molar-refractivity contribution in [3.8, 4) is 11.5 Å². The molecule has 0 radical (unpaired) electrons. The highest BCUT2D eigenvalue weighted by atomic mass is 19.4. The number of hydrogen-bond donors (Lipinski definition) is 3. The molecule has 2 aromatic rings. The normalized spacial score (nSPS) is 22.1. The minimum absolute atomic E-state index is 0.0402. The molecule has 1 aromatic heterocycles. The number of aromatic nitrogens is 1. The number of amides is 2. The lowest BCUT2D eigenvalue weighted by Gasteiger charge is -2.30. The minimum Gasteiger partial charge on any atom is -0.495 e. The summed E-state index contributed by atoms with van der Waals surface area (Å²) in [5, 5.41) is 2.57. The van der Waals surface area contributed by atoms with Crippen molar-refractivity contribution in [3.63, 3.8) is 0 Å². The van der Waals surface area contributed by atoms with Crippen LogP contribution in [0.3, 0.4) is 0 Å². The molecule has 9 nitrogen and oxygen atoms in total. The number of fused-ring (bicyclic) bond motifs is 1. The Hall–Kier alpha value is -3.97. The quantitative estimate of drug-likeness (QED) is 0.187. The summed E-state index contributed by atoms with van der Waals surface area (Å²) in [5.41, 5.74) is 11.7. The van der Waals surface area contributed by atoms with E-state index in [2.05, 4.69) is 15.3 Å². The highest BCUT2D eigenvalue weighted by molar-refractivity contribution is 5.99. The van der Waals surface area contributed by atoms with Gasteiger partial charge in [-0.15, -0.1) is 0 Å². The zero-order valence-corrected chi connectivity index (χ0v) is 25.0. The molecule has 2 heterocycles. The highest BCUT2D eigenvalue weighted by Gasteiger charge is 2.46. The van der Waals surface area contributed by atoms with E-state index < -0.39 is 67.0 Å². The molecule has 1 aliphatic heterocycles. The SMILES string of the molecule is COc1cc(C(=O)NCC(CC(F)(F)F)c2cc3c(c(C4CCC(F)(F)CC4)n2)OC[C@]3(C)C(N)=O)cc(C=NC2CC2)c1N. The second-order valence-electron chi connectivity index (χ2n) is 12.3. The maximum Gasteiger partial charge on any atom is 0.389 e. The molecule has 2 fully saturated rings. The van der Waals surface area contributed by atoms with Gasteiger partial charge in [0.25, 0.3) is 5.91 Å². The Morgan fingerprint density at radius 3 is 2.49 bits per heavy atom. The molecule has 5 rings (SSSR count). The van der Waals surface area contributed by atoms with Gasteiger partial charge in [-0.05, 0) is 50.8 Å². The summed E-state index contributed by atoms with van der Waals surface area (Å²) in [6.45, 7) is 0.881. The molecule has 2 saturated carbocycles. The Morgan fingerprint density at radius 1 is 1.20 bits per heavy atom. The van der Waals surface area contributed by atoms with Gasteiger partial charge in [-0.25, -0.2) is 8.78 Å². The molecule has 244 valence electrons. The first-order chi connectivity index (χ1) is 21.1. The van der Waals surface area contributed by atoms with Crippen molar-refractivity contribution in [2.45, 2.75) is 87.3 Å². The fourth-order valence-electron chi connectivity index (χ4n) is 5.78. The van der Waals surface area contributed by atoms with E-state index in [-0.39, 0.29) is 65.2 Å². The number of pyridine rings is 1. The molecule has 0 spiro atoms. The summed E-state index contributed by atoms with van der Waals surface area (Å²) >= 11 is 0. The van der Waals surface area contributed by atoms with Crippen molar-refractivity contribution in [3.05, 3.63) is 46.3 Å². The van der Waals surface area contributed by atoms with Crippen LogP contribution in [0.2, 0.25) is 0 Å². The van der Waals surface area contributed by atoms with Crippen LogP contribution in [0.1, 0.15) is 96.6 Å². The minimum atomic E-state index is -4.65. The Morgan fingerprint density at radius 2 is 1.89 bits per heavy atom. The topological polar surface area (TPSA) is 142 Å². The second-order valence-corrected chi connectivity index (χ2v) is 12.3. The van der Waals surface area contributed by atoms with Gasteiger partial charge in [0.1, 0.15) is 23.5 Å². The first-order valence-corrected chi connectivity index (χ1v) is 14.8. The Kier molecular flexibility index (Phi) is 8.71. The van der Waals surface area contributed by atoms with Crippen molar-refractivity contribution < 1.29 is 41.0 Å². The van der Waals surface area contributed by atoms with E-state index in [9.17, 15) is 31.5 Å². The summed E-state index contributed by atoms with van der Waals surface area (Å²) in [4.78, 5) is 34.7. The third-order valence-corrected chi connectivity index (χ3v) is 8.80. The summed E-state index contributed by atoms with van der Waals surface area (Å²) < 4.78 is 80.8. The van der Waals surface area contributed by atoms with Gasteiger partial charge in [0.05, 0.1) is 31.0 Å². The van der Waals surface area contributed by atoms with Crippen LogP contribution >= 0.6 is 0 Å². The van der Waals surface area contributed by atoms with Gasteiger partial charge in [0.15, 0.2) is 0 Å². The number of anilines is 1. The van der Waals surface area contributed by atoms with Crippen LogP contribution in [0.25, 0.3) is 0 Å². The molecule has 45 heavy (non-hydrogen) atoms. The highest BCUT2D eigenvalue weighted by Crippen LogP contribution is 2.49. The molecule has 2 aliphatic carbocycles. The Bertz CT molecular complexity index is 1500. The predicted octanol–water partition coefficient (Wildman–Crippen LogP) is 5.15. The number of rotatable bonds is 10. The number of hydrogen-bond acceptors (Lipinski definition) is 7. The van der Waals surface area contributed by atoms with Crippen molar-refractivity contribution in [1.82, 2.24) is 10.3 Å². The van der Waals surface area contributed by atoms with Crippen molar-refractivity contribution >= 4 is 23.7 Å². The Labute approximate surface area is 256 Å². The molecule has 1 aromatic carbocycles. The molecule has 2 atom stereocenters. The van der Waals surface area contributed by atoms with E-state index in [1.165, 1.54) is 32.2 Å². The molecule has 1 unspecified atom stereocenters. The van der Waals surface area contributed by atoms with Gasteiger partial charge < -0.3 is 26.3 Å². The zero-order valence-electron chi connectivity index (χ0n) is 25.0. The Balaban J connectivity index is 1.48. The first kappa shape index (κ1) is 32.4. The fourth-order valence-corrected chi connectivity index (χ4v) is 5.78. The van der Waals surface area contributed by atoms with Gasteiger partial charge in [-0.1, -0.05) is 0 Å². The van der Waals surface area contributed by atoms with Crippen molar-refractivity contribution in [1.29, 1.82) is 0 Å². The predicted molar refractivity (Wildman–Crippen MR) is 156 cm³/mol. The summed E-state index contributed by atoms with van der Waals surface area (Å²) in [5.74, 6) is -5.78. The number of halogens is 5. The lowest BCUT2D eigenvalue weighted by molar-refractivity contribution is -0.138. The van der Waals surface area contributed by atoms with Gasteiger partial charge in [0, 0.05) is 59.8 Å². The molecule has 3 aliphatic rings. The van der Waals surface area contributed by atoms with Crippen LogP contribution < -0.4 is 26.3 Å². The number of alkyl halides is 5. The zero-order chi connectivity index (χ0) is 32.7. The summed E-state index contributed by atoms with van der Waals surface area (Å²) in [6.07, 6.45) is -3.29.